The lowest BCUT2D eigenvalue weighted by Crippen LogP contribution is -2.28. The number of carbonyl (C=O) groups is 1. The lowest BCUT2D eigenvalue weighted by Gasteiger charge is -2.17. The number of rotatable bonds is 3. The number of fused-ring (bicyclic) bond motifs is 1. The highest BCUT2D eigenvalue weighted by Crippen LogP contribution is 2.32. The molecule has 3 rings (SSSR count). The van der Waals surface area contributed by atoms with E-state index >= 15 is 0 Å². The minimum atomic E-state index is -1.05. The Labute approximate surface area is 118 Å². The van der Waals surface area contributed by atoms with E-state index in [0.717, 1.165) is 15.8 Å². The highest BCUT2D eigenvalue weighted by atomic mass is 32.1. The van der Waals surface area contributed by atoms with E-state index in [2.05, 4.69) is 10.2 Å². The van der Waals surface area contributed by atoms with E-state index in [9.17, 15) is 9.90 Å². The van der Waals surface area contributed by atoms with Gasteiger partial charge in [-0.25, -0.2) is 4.79 Å². The first-order chi connectivity index (χ1) is 9.66. The Morgan fingerprint density at radius 2 is 2.40 bits per heavy atom. The van der Waals surface area contributed by atoms with Crippen molar-refractivity contribution in [2.75, 3.05) is 4.90 Å². The molecule has 1 N–H and O–H groups in total. The fraction of sp³-hybridized carbons (Fsp3) is 0.154. The van der Waals surface area contributed by atoms with Gasteiger partial charge >= 0.3 is 6.09 Å². The van der Waals surface area contributed by atoms with E-state index in [1.165, 1.54) is 28.7 Å². The van der Waals surface area contributed by atoms with Crippen LogP contribution in [0.2, 0.25) is 0 Å². The summed E-state index contributed by atoms with van der Waals surface area (Å²) in [6, 6.07) is 3.46. The number of furan rings is 1. The maximum Gasteiger partial charge on any atom is 0.412 e. The number of amides is 1. The van der Waals surface area contributed by atoms with E-state index in [1.54, 1.807) is 12.1 Å². The maximum atomic E-state index is 11.5. The van der Waals surface area contributed by atoms with Crippen LogP contribution in [-0.2, 0) is 6.54 Å². The topological polar surface area (TPSA) is 79.5 Å². The van der Waals surface area contributed by atoms with Crippen molar-refractivity contribution < 1.29 is 14.3 Å². The number of nitrogens with zero attached hydrogens (tertiary/aromatic N) is 3. The third kappa shape index (κ3) is 2.12. The van der Waals surface area contributed by atoms with Crippen LogP contribution in [0.4, 0.5) is 10.5 Å². The maximum absolute atomic E-state index is 11.5. The molecule has 0 spiro atoms. The molecule has 0 aromatic carbocycles. The van der Waals surface area contributed by atoms with Gasteiger partial charge in [0.1, 0.15) is 11.3 Å². The molecule has 0 aliphatic heterocycles. The van der Waals surface area contributed by atoms with Gasteiger partial charge in [-0.15, -0.1) is 16.4 Å². The van der Waals surface area contributed by atoms with E-state index in [0.29, 0.717) is 11.4 Å². The summed E-state index contributed by atoms with van der Waals surface area (Å²) in [6.45, 7) is 2.06. The van der Waals surface area contributed by atoms with Crippen molar-refractivity contribution in [3.05, 3.63) is 41.3 Å². The molecule has 0 saturated carbocycles. The van der Waals surface area contributed by atoms with Crippen LogP contribution in [0, 0.1) is 6.92 Å². The zero-order valence-electron chi connectivity index (χ0n) is 10.6. The second-order valence-corrected chi connectivity index (χ2v) is 5.15. The summed E-state index contributed by atoms with van der Waals surface area (Å²) in [7, 11) is 0. The van der Waals surface area contributed by atoms with Crippen LogP contribution < -0.4 is 4.90 Å². The molecule has 1 amide bonds. The van der Waals surface area contributed by atoms with Crippen molar-refractivity contribution in [1.82, 2.24) is 10.2 Å². The van der Waals surface area contributed by atoms with Crippen molar-refractivity contribution >= 4 is 33.3 Å². The fourth-order valence-corrected chi connectivity index (χ4v) is 2.95. The molecule has 3 heterocycles. The number of aryl methyl sites for hydroxylation is 1. The van der Waals surface area contributed by atoms with Crippen LogP contribution in [0.25, 0.3) is 10.2 Å². The van der Waals surface area contributed by atoms with Gasteiger partial charge in [-0.3, -0.25) is 4.90 Å². The quantitative estimate of drug-likeness (QED) is 0.800. The van der Waals surface area contributed by atoms with E-state index < -0.39 is 6.09 Å². The van der Waals surface area contributed by atoms with Gasteiger partial charge in [0.15, 0.2) is 0 Å². The highest BCUT2D eigenvalue weighted by molar-refractivity contribution is 7.18. The first-order valence-corrected chi connectivity index (χ1v) is 6.77. The SMILES string of the molecule is Cc1csc2c(N(Cc3ccco3)C(=O)O)cnnc12. The standard InChI is InChI=1S/C13H11N3O3S/c1-8-7-20-12-10(5-14-15-11(8)12)16(13(17)18)6-9-3-2-4-19-9/h2-5,7H,6H2,1H3,(H,17,18). The smallest absolute Gasteiger partial charge is 0.412 e. The zero-order valence-corrected chi connectivity index (χ0v) is 11.4. The van der Waals surface area contributed by atoms with Crippen LogP contribution in [0.5, 0.6) is 0 Å². The zero-order chi connectivity index (χ0) is 14.1. The Hall–Kier alpha value is -2.41. The minimum absolute atomic E-state index is 0.139. The fourth-order valence-electron chi connectivity index (χ4n) is 1.95. The molecule has 7 heteroatoms. The molecule has 20 heavy (non-hydrogen) atoms. The van der Waals surface area contributed by atoms with Gasteiger partial charge in [-0.05, 0) is 30.0 Å². The number of carboxylic acid groups (broad SMARTS) is 1. The molecule has 0 radical (unpaired) electrons. The highest BCUT2D eigenvalue weighted by Gasteiger charge is 2.21. The summed E-state index contributed by atoms with van der Waals surface area (Å²) in [6.07, 6.45) is 1.93. The molecule has 102 valence electrons. The molecule has 0 atom stereocenters. The van der Waals surface area contributed by atoms with E-state index in [4.69, 9.17) is 4.42 Å². The normalized spacial score (nSPS) is 10.8. The third-order valence-electron chi connectivity index (χ3n) is 2.93. The van der Waals surface area contributed by atoms with Crippen LogP contribution in [-0.4, -0.2) is 21.4 Å². The first-order valence-electron chi connectivity index (χ1n) is 5.89. The summed E-state index contributed by atoms with van der Waals surface area (Å²) in [5.41, 5.74) is 2.25. The molecule has 3 aromatic rings. The van der Waals surface area contributed by atoms with Gasteiger partial charge < -0.3 is 9.52 Å². The van der Waals surface area contributed by atoms with Gasteiger partial charge in [-0.1, -0.05) is 0 Å². The molecule has 0 unspecified atom stereocenters. The molecule has 3 aromatic heterocycles. The first kappa shape index (κ1) is 12.6. The Morgan fingerprint density at radius 1 is 1.55 bits per heavy atom. The predicted molar refractivity (Wildman–Crippen MR) is 75.1 cm³/mol. The predicted octanol–water partition coefficient (Wildman–Crippen LogP) is 3.28. The van der Waals surface area contributed by atoms with Gasteiger partial charge in [0.25, 0.3) is 0 Å². The molecule has 0 fully saturated rings. The average molecular weight is 289 g/mol. The number of anilines is 1. The number of hydrogen-bond acceptors (Lipinski definition) is 5. The van der Waals surface area contributed by atoms with Crippen LogP contribution >= 0.6 is 11.3 Å². The summed E-state index contributed by atoms with van der Waals surface area (Å²) in [5, 5.41) is 19.3. The Bertz CT molecular complexity index is 751. The average Bonchev–Trinajstić information content (AvgIpc) is 3.06. The molecule has 0 bridgehead atoms. The van der Waals surface area contributed by atoms with Crippen molar-refractivity contribution in [2.45, 2.75) is 13.5 Å². The lowest BCUT2D eigenvalue weighted by molar-refractivity contribution is 0.201. The largest absolute Gasteiger partial charge is 0.467 e. The molecular weight excluding hydrogens is 278 g/mol. The van der Waals surface area contributed by atoms with Crippen molar-refractivity contribution in [3.63, 3.8) is 0 Å². The number of aromatic nitrogens is 2. The number of hydrogen-bond donors (Lipinski definition) is 1. The third-order valence-corrected chi connectivity index (χ3v) is 4.04. The number of thiophene rings is 1. The van der Waals surface area contributed by atoms with Crippen LogP contribution in [0.1, 0.15) is 11.3 Å². The molecule has 0 aliphatic rings. The van der Waals surface area contributed by atoms with E-state index in [-0.39, 0.29) is 6.54 Å². The molecule has 0 aliphatic carbocycles. The summed E-state index contributed by atoms with van der Waals surface area (Å²) < 4.78 is 6.03. The lowest BCUT2D eigenvalue weighted by atomic mass is 10.3. The van der Waals surface area contributed by atoms with Gasteiger partial charge in [0.05, 0.1) is 29.4 Å². The van der Waals surface area contributed by atoms with Gasteiger partial charge in [0, 0.05) is 0 Å². The van der Waals surface area contributed by atoms with Gasteiger partial charge in [-0.2, -0.15) is 5.10 Å². The summed E-state index contributed by atoms with van der Waals surface area (Å²) in [4.78, 5) is 12.7. The van der Waals surface area contributed by atoms with Crippen LogP contribution in [0.3, 0.4) is 0 Å². The Kier molecular flexibility index (Phi) is 3.11. The second kappa shape index (κ2) is 4.93. The van der Waals surface area contributed by atoms with Crippen molar-refractivity contribution in [3.8, 4) is 0 Å². The monoisotopic (exact) mass is 289 g/mol. The Balaban J connectivity index is 2.07. The summed E-state index contributed by atoms with van der Waals surface area (Å²) in [5.74, 6) is 0.575. The van der Waals surface area contributed by atoms with Crippen molar-refractivity contribution in [1.29, 1.82) is 0 Å². The van der Waals surface area contributed by atoms with Crippen molar-refractivity contribution in [2.24, 2.45) is 0 Å². The molecular formula is C13H11N3O3S. The van der Waals surface area contributed by atoms with E-state index in [1.807, 2.05) is 12.3 Å². The van der Waals surface area contributed by atoms with Gasteiger partial charge in [0.2, 0.25) is 0 Å². The molecule has 0 saturated heterocycles. The Morgan fingerprint density at radius 3 is 3.10 bits per heavy atom. The summed E-state index contributed by atoms with van der Waals surface area (Å²) >= 11 is 1.46. The minimum Gasteiger partial charge on any atom is -0.467 e. The van der Waals surface area contributed by atoms with Crippen LogP contribution in [0.15, 0.2) is 34.4 Å². The second-order valence-electron chi connectivity index (χ2n) is 4.27. The molecule has 6 nitrogen and oxygen atoms in total.